The molecule has 0 saturated carbocycles. The van der Waals surface area contributed by atoms with Crippen molar-refractivity contribution in [3.05, 3.63) is 52.9 Å². The lowest BCUT2D eigenvalue weighted by molar-refractivity contribution is -0.123. The molecule has 1 aliphatic rings. The molecule has 0 bridgehead atoms. The fraction of sp³-hybridized carbons (Fsp3) is 0.450. The molecular weight excluding hydrogens is 366 g/mol. The molecular formula is C20H26ClN3O3. The van der Waals surface area contributed by atoms with Crippen LogP contribution < -0.4 is 10.1 Å². The van der Waals surface area contributed by atoms with E-state index in [1.807, 2.05) is 31.2 Å². The molecule has 1 saturated heterocycles. The Kier molecular flexibility index (Phi) is 6.77. The average Bonchev–Trinajstić information content (AvgIpc) is 3.09. The molecule has 1 atom stereocenters. The van der Waals surface area contributed by atoms with Crippen LogP contribution in [-0.2, 0) is 4.79 Å². The first-order valence-electron chi connectivity index (χ1n) is 9.16. The van der Waals surface area contributed by atoms with Crippen molar-refractivity contribution in [1.82, 2.24) is 15.1 Å². The number of hydrogen-bond acceptors (Lipinski definition) is 5. The number of nitrogens with zero attached hydrogens (tertiary/aromatic N) is 2. The number of para-hydroxylation sites is 1. The first kappa shape index (κ1) is 19.7. The summed E-state index contributed by atoms with van der Waals surface area (Å²) in [6.07, 6.45) is 0. The molecule has 1 amide bonds. The molecule has 1 fully saturated rings. The van der Waals surface area contributed by atoms with E-state index in [2.05, 4.69) is 22.2 Å². The van der Waals surface area contributed by atoms with Gasteiger partial charge in [0.25, 0.3) is 5.91 Å². The number of nitrogens with one attached hydrogen (secondary N) is 1. The zero-order chi connectivity index (χ0) is 19.2. The van der Waals surface area contributed by atoms with Crippen molar-refractivity contribution in [2.24, 2.45) is 0 Å². The standard InChI is InChI=1S/C20H26ClN3O3/c1-15-7-8-19(27-15)17(24-11-9-23(2)10-12-24)13-22-20(25)14-26-18-6-4-3-5-16(18)21/h3-8,17H,9-14H2,1-2H3,(H,22,25)/t17-/m1/s1. The van der Waals surface area contributed by atoms with Gasteiger partial charge >= 0.3 is 0 Å². The van der Waals surface area contributed by atoms with Gasteiger partial charge in [-0.15, -0.1) is 0 Å². The van der Waals surface area contributed by atoms with Crippen molar-refractivity contribution >= 4 is 17.5 Å². The van der Waals surface area contributed by atoms with Crippen LogP contribution >= 0.6 is 11.6 Å². The van der Waals surface area contributed by atoms with E-state index in [9.17, 15) is 4.79 Å². The third kappa shape index (κ3) is 5.48. The van der Waals surface area contributed by atoms with Crippen LogP contribution in [0.2, 0.25) is 5.02 Å². The first-order chi connectivity index (χ1) is 13.0. The highest BCUT2D eigenvalue weighted by Crippen LogP contribution is 2.24. The van der Waals surface area contributed by atoms with E-state index in [0.717, 1.165) is 37.7 Å². The van der Waals surface area contributed by atoms with E-state index in [0.29, 0.717) is 17.3 Å². The number of amides is 1. The number of halogens is 1. The van der Waals surface area contributed by atoms with Gasteiger partial charge in [0, 0.05) is 32.7 Å². The van der Waals surface area contributed by atoms with Gasteiger partial charge in [-0.3, -0.25) is 9.69 Å². The van der Waals surface area contributed by atoms with Crippen LogP contribution in [0.3, 0.4) is 0 Å². The maximum Gasteiger partial charge on any atom is 0.258 e. The molecule has 146 valence electrons. The summed E-state index contributed by atoms with van der Waals surface area (Å²) in [6, 6.07) is 11.1. The van der Waals surface area contributed by atoms with Gasteiger partial charge in [-0.2, -0.15) is 0 Å². The Hall–Kier alpha value is -2.02. The minimum absolute atomic E-state index is 0.0108. The second-order valence-corrected chi connectivity index (χ2v) is 7.23. The lowest BCUT2D eigenvalue weighted by atomic mass is 10.1. The molecule has 27 heavy (non-hydrogen) atoms. The average molecular weight is 392 g/mol. The molecule has 7 heteroatoms. The molecule has 2 aromatic rings. The first-order valence-corrected chi connectivity index (χ1v) is 9.53. The number of rotatable bonds is 7. The SMILES string of the molecule is Cc1ccc([C@@H](CNC(=O)COc2ccccc2Cl)N2CCN(C)CC2)o1. The van der Waals surface area contributed by atoms with Crippen molar-refractivity contribution in [2.75, 3.05) is 46.4 Å². The Morgan fingerprint density at radius 1 is 1.22 bits per heavy atom. The van der Waals surface area contributed by atoms with Gasteiger partial charge in [0.05, 0.1) is 11.1 Å². The van der Waals surface area contributed by atoms with Crippen LogP contribution in [0.4, 0.5) is 0 Å². The van der Waals surface area contributed by atoms with Crippen LogP contribution in [0.1, 0.15) is 17.6 Å². The summed E-state index contributed by atoms with van der Waals surface area (Å²) in [5.41, 5.74) is 0. The molecule has 6 nitrogen and oxygen atoms in total. The van der Waals surface area contributed by atoms with Crippen LogP contribution in [0.5, 0.6) is 5.75 Å². The third-order valence-electron chi connectivity index (χ3n) is 4.76. The van der Waals surface area contributed by atoms with Gasteiger partial charge in [-0.1, -0.05) is 23.7 Å². The molecule has 1 aliphatic heterocycles. The second kappa shape index (κ2) is 9.26. The van der Waals surface area contributed by atoms with Crippen molar-refractivity contribution in [3.63, 3.8) is 0 Å². The van der Waals surface area contributed by atoms with E-state index < -0.39 is 0 Å². The predicted octanol–water partition coefficient (Wildman–Crippen LogP) is 2.73. The highest BCUT2D eigenvalue weighted by atomic mass is 35.5. The summed E-state index contributed by atoms with van der Waals surface area (Å²) in [7, 11) is 2.12. The molecule has 1 aromatic heterocycles. The van der Waals surface area contributed by atoms with Crippen molar-refractivity contribution < 1.29 is 13.9 Å². The highest BCUT2D eigenvalue weighted by Gasteiger charge is 2.26. The number of hydrogen-bond donors (Lipinski definition) is 1. The van der Waals surface area contributed by atoms with Gasteiger partial charge in [-0.25, -0.2) is 0 Å². The number of likely N-dealkylation sites (N-methyl/N-ethyl adjacent to an activating group) is 1. The molecule has 1 aromatic carbocycles. The van der Waals surface area contributed by atoms with E-state index >= 15 is 0 Å². The summed E-state index contributed by atoms with van der Waals surface area (Å²) in [5, 5.41) is 3.46. The normalized spacial score (nSPS) is 16.9. The largest absolute Gasteiger partial charge is 0.482 e. The highest BCUT2D eigenvalue weighted by molar-refractivity contribution is 6.32. The minimum atomic E-state index is -0.183. The molecule has 0 spiro atoms. The Morgan fingerprint density at radius 3 is 2.63 bits per heavy atom. The smallest absolute Gasteiger partial charge is 0.258 e. The number of benzene rings is 1. The monoisotopic (exact) mass is 391 g/mol. The fourth-order valence-electron chi connectivity index (χ4n) is 3.14. The maximum absolute atomic E-state index is 12.3. The summed E-state index contributed by atoms with van der Waals surface area (Å²) in [4.78, 5) is 16.9. The van der Waals surface area contributed by atoms with Crippen molar-refractivity contribution in [1.29, 1.82) is 0 Å². The number of carbonyl (C=O) groups is 1. The minimum Gasteiger partial charge on any atom is -0.482 e. The zero-order valence-corrected chi connectivity index (χ0v) is 16.5. The fourth-order valence-corrected chi connectivity index (χ4v) is 3.33. The van der Waals surface area contributed by atoms with Crippen LogP contribution in [0.15, 0.2) is 40.8 Å². The Bertz CT molecular complexity index is 756. The zero-order valence-electron chi connectivity index (χ0n) is 15.8. The van der Waals surface area contributed by atoms with E-state index in [4.69, 9.17) is 20.8 Å². The second-order valence-electron chi connectivity index (χ2n) is 6.83. The number of carbonyl (C=O) groups excluding carboxylic acids is 1. The number of furan rings is 1. The maximum atomic E-state index is 12.3. The summed E-state index contributed by atoms with van der Waals surface area (Å²) >= 11 is 6.05. The van der Waals surface area contributed by atoms with E-state index in [-0.39, 0.29) is 18.6 Å². The van der Waals surface area contributed by atoms with Crippen molar-refractivity contribution in [2.45, 2.75) is 13.0 Å². The molecule has 0 aliphatic carbocycles. The molecule has 2 heterocycles. The van der Waals surface area contributed by atoms with Crippen LogP contribution in [-0.4, -0.2) is 62.1 Å². The van der Waals surface area contributed by atoms with Gasteiger partial charge < -0.3 is 19.4 Å². The molecule has 1 N–H and O–H groups in total. The quantitative estimate of drug-likeness (QED) is 0.786. The van der Waals surface area contributed by atoms with Crippen LogP contribution in [0, 0.1) is 6.92 Å². The molecule has 0 unspecified atom stereocenters. The lowest BCUT2D eigenvalue weighted by Gasteiger charge is -2.37. The number of aryl methyl sites for hydroxylation is 1. The van der Waals surface area contributed by atoms with Gasteiger partial charge in [0.1, 0.15) is 17.3 Å². The predicted molar refractivity (Wildman–Crippen MR) is 105 cm³/mol. The topological polar surface area (TPSA) is 58.0 Å². The van der Waals surface area contributed by atoms with Gasteiger partial charge in [-0.05, 0) is 38.2 Å². The molecule has 3 rings (SSSR count). The van der Waals surface area contributed by atoms with Crippen LogP contribution in [0.25, 0.3) is 0 Å². The van der Waals surface area contributed by atoms with Gasteiger partial charge in [0.15, 0.2) is 6.61 Å². The Morgan fingerprint density at radius 2 is 1.96 bits per heavy atom. The van der Waals surface area contributed by atoms with E-state index in [1.165, 1.54) is 0 Å². The summed E-state index contributed by atoms with van der Waals surface area (Å²) < 4.78 is 11.4. The summed E-state index contributed by atoms with van der Waals surface area (Å²) in [6.45, 7) is 6.21. The Balaban J connectivity index is 1.57. The number of ether oxygens (including phenoxy) is 1. The number of piperazine rings is 1. The lowest BCUT2D eigenvalue weighted by Crippen LogP contribution is -2.48. The molecule has 0 radical (unpaired) electrons. The Labute approximate surface area is 165 Å². The summed E-state index contributed by atoms with van der Waals surface area (Å²) in [5.74, 6) is 2.07. The van der Waals surface area contributed by atoms with Crippen molar-refractivity contribution in [3.8, 4) is 5.75 Å². The van der Waals surface area contributed by atoms with E-state index in [1.54, 1.807) is 12.1 Å². The van der Waals surface area contributed by atoms with Gasteiger partial charge in [0.2, 0.25) is 0 Å². The third-order valence-corrected chi connectivity index (χ3v) is 5.07.